The van der Waals surface area contributed by atoms with Crippen LogP contribution in [0.5, 0.6) is 11.6 Å². The zero-order valence-corrected chi connectivity index (χ0v) is 9.45. The molecule has 4 nitrogen and oxygen atoms in total. The highest BCUT2D eigenvalue weighted by Gasteiger charge is 2.00. The van der Waals surface area contributed by atoms with Gasteiger partial charge in [0.25, 0.3) is 0 Å². The van der Waals surface area contributed by atoms with Crippen molar-refractivity contribution >= 4 is 6.21 Å². The van der Waals surface area contributed by atoms with Gasteiger partial charge in [-0.05, 0) is 17.7 Å². The van der Waals surface area contributed by atoms with Crippen molar-refractivity contribution in [2.75, 3.05) is 0 Å². The third-order valence-electron chi connectivity index (χ3n) is 2.22. The molecule has 92 valence electrons. The molecule has 0 saturated heterocycles. The second kappa shape index (κ2) is 5.77. The van der Waals surface area contributed by atoms with Crippen molar-refractivity contribution in [3.05, 3.63) is 54.0 Å². The lowest BCUT2D eigenvalue weighted by atomic mass is 10.2. The van der Waals surface area contributed by atoms with Gasteiger partial charge in [-0.25, -0.2) is 9.37 Å². The molecule has 5 heteroatoms. The Hall–Kier alpha value is -2.43. The van der Waals surface area contributed by atoms with E-state index in [-0.39, 0.29) is 5.82 Å². The predicted molar refractivity (Wildman–Crippen MR) is 64.7 cm³/mol. The van der Waals surface area contributed by atoms with Gasteiger partial charge in [-0.2, -0.15) is 0 Å². The lowest BCUT2D eigenvalue weighted by molar-refractivity contribution is 0.321. The Morgan fingerprint density at radius 2 is 2.22 bits per heavy atom. The van der Waals surface area contributed by atoms with Gasteiger partial charge in [0, 0.05) is 31.0 Å². The van der Waals surface area contributed by atoms with Gasteiger partial charge >= 0.3 is 0 Å². The van der Waals surface area contributed by atoms with Crippen molar-refractivity contribution in [2.24, 2.45) is 5.16 Å². The van der Waals surface area contributed by atoms with E-state index in [9.17, 15) is 4.39 Å². The van der Waals surface area contributed by atoms with Crippen molar-refractivity contribution in [1.29, 1.82) is 0 Å². The van der Waals surface area contributed by atoms with E-state index in [2.05, 4.69) is 10.1 Å². The van der Waals surface area contributed by atoms with Gasteiger partial charge in [-0.1, -0.05) is 12.1 Å². The number of aromatic nitrogens is 1. The van der Waals surface area contributed by atoms with Crippen molar-refractivity contribution in [1.82, 2.24) is 4.98 Å². The average Bonchev–Trinajstić information content (AvgIpc) is 2.38. The molecule has 0 aliphatic carbocycles. The molecule has 0 spiro atoms. The van der Waals surface area contributed by atoms with Crippen LogP contribution in [0.15, 0.2) is 47.8 Å². The van der Waals surface area contributed by atoms with E-state index in [1.807, 2.05) is 0 Å². The van der Waals surface area contributed by atoms with Crippen LogP contribution >= 0.6 is 0 Å². The highest BCUT2D eigenvalue weighted by Crippen LogP contribution is 2.19. The van der Waals surface area contributed by atoms with Gasteiger partial charge in [-0.15, -0.1) is 5.16 Å². The van der Waals surface area contributed by atoms with Crippen LogP contribution in [0.1, 0.15) is 5.56 Å². The van der Waals surface area contributed by atoms with Gasteiger partial charge in [0.15, 0.2) is 0 Å². The Morgan fingerprint density at radius 1 is 1.33 bits per heavy atom. The fourth-order valence-electron chi connectivity index (χ4n) is 1.39. The molecule has 1 aromatic heterocycles. The number of hydrogen-bond donors (Lipinski definition) is 1. The van der Waals surface area contributed by atoms with E-state index in [0.29, 0.717) is 18.1 Å². The quantitative estimate of drug-likeness (QED) is 0.512. The number of halogens is 1. The van der Waals surface area contributed by atoms with Crippen LogP contribution in [0.3, 0.4) is 0 Å². The Kier molecular flexibility index (Phi) is 3.86. The smallest absolute Gasteiger partial charge is 0.219 e. The van der Waals surface area contributed by atoms with Gasteiger partial charge < -0.3 is 9.94 Å². The molecule has 0 aliphatic heterocycles. The molecule has 1 aromatic carbocycles. The molecule has 2 rings (SSSR count). The summed E-state index contributed by atoms with van der Waals surface area (Å²) in [5, 5.41) is 11.2. The number of ether oxygens (including phenoxy) is 1. The Labute approximate surface area is 103 Å². The number of pyridine rings is 1. The predicted octanol–water partition coefficient (Wildman–Crippen LogP) is 3.02. The molecule has 0 amide bonds. The van der Waals surface area contributed by atoms with Crippen LogP contribution in [0.4, 0.5) is 4.39 Å². The summed E-state index contributed by atoms with van der Waals surface area (Å²) in [7, 11) is 0. The molecule has 1 heterocycles. The first-order valence-electron chi connectivity index (χ1n) is 5.32. The summed E-state index contributed by atoms with van der Waals surface area (Å²) in [6.45, 7) is 0. The lowest BCUT2D eigenvalue weighted by Crippen LogP contribution is -1.91. The number of rotatable bonds is 4. The van der Waals surface area contributed by atoms with Crippen LogP contribution in [0, 0.1) is 5.82 Å². The topological polar surface area (TPSA) is 54.7 Å². The minimum Gasteiger partial charge on any atom is -0.439 e. The molecule has 0 radical (unpaired) electrons. The minimum absolute atomic E-state index is 0.358. The Morgan fingerprint density at radius 3 is 2.89 bits per heavy atom. The van der Waals surface area contributed by atoms with Crippen molar-refractivity contribution < 1.29 is 14.3 Å². The summed E-state index contributed by atoms with van der Waals surface area (Å²) >= 11 is 0. The van der Waals surface area contributed by atoms with E-state index in [0.717, 1.165) is 5.56 Å². The van der Waals surface area contributed by atoms with Crippen LogP contribution in [-0.2, 0) is 6.42 Å². The molecule has 0 unspecified atom stereocenters. The lowest BCUT2D eigenvalue weighted by Gasteiger charge is -2.04. The SMILES string of the molecule is ON=CCc1ccc(Oc2cccc(F)c2)nc1. The van der Waals surface area contributed by atoms with E-state index in [1.165, 1.54) is 18.3 Å². The standard InChI is InChI=1S/C13H11FN2O2/c14-11-2-1-3-12(8-11)18-13-5-4-10(9-15-13)6-7-16-17/h1-5,7-9,17H,6H2. The monoisotopic (exact) mass is 246 g/mol. The molecule has 0 atom stereocenters. The van der Waals surface area contributed by atoms with Crippen LogP contribution in [0.2, 0.25) is 0 Å². The first kappa shape index (κ1) is 12.0. The summed E-state index contributed by atoms with van der Waals surface area (Å²) in [6.07, 6.45) is 3.46. The number of benzene rings is 1. The van der Waals surface area contributed by atoms with Gasteiger partial charge in [0.1, 0.15) is 11.6 Å². The van der Waals surface area contributed by atoms with Crippen LogP contribution in [-0.4, -0.2) is 16.4 Å². The highest BCUT2D eigenvalue weighted by molar-refractivity contribution is 5.60. The molecular formula is C13H11FN2O2. The third-order valence-corrected chi connectivity index (χ3v) is 2.22. The summed E-state index contributed by atoms with van der Waals surface area (Å²) in [4.78, 5) is 4.07. The molecule has 18 heavy (non-hydrogen) atoms. The molecule has 0 fully saturated rings. The van der Waals surface area contributed by atoms with Crippen LogP contribution in [0.25, 0.3) is 0 Å². The second-order valence-electron chi connectivity index (χ2n) is 3.57. The Balaban J connectivity index is 2.06. The summed E-state index contributed by atoms with van der Waals surface area (Å²) < 4.78 is 18.3. The van der Waals surface area contributed by atoms with E-state index < -0.39 is 0 Å². The molecule has 0 bridgehead atoms. The van der Waals surface area contributed by atoms with E-state index in [1.54, 1.807) is 30.5 Å². The van der Waals surface area contributed by atoms with Crippen molar-refractivity contribution in [3.8, 4) is 11.6 Å². The normalized spacial score (nSPS) is 10.7. The minimum atomic E-state index is -0.358. The van der Waals surface area contributed by atoms with Crippen LogP contribution < -0.4 is 4.74 Å². The molecule has 1 N–H and O–H groups in total. The summed E-state index contributed by atoms with van der Waals surface area (Å²) in [6, 6.07) is 9.31. The zero-order chi connectivity index (χ0) is 12.8. The second-order valence-corrected chi connectivity index (χ2v) is 3.57. The number of nitrogens with zero attached hydrogens (tertiary/aromatic N) is 2. The van der Waals surface area contributed by atoms with Gasteiger partial charge in [0.05, 0.1) is 0 Å². The molecule has 0 saturated carbocycles. The first-order chi connectivity index (χ1) is 8.78. The first-order valence-corrected chi connectivity index (χ1v) is 5.32. The maximum Gasteiger partial charge on any atom is 0.219 e. The number of hydrogen-bond acceptors (Lipinski definition) is 4. The van der Waals surface area contributed by atoms with Gasteiger partial charge in [0.2, 0.25) is 5.88 Å². The largest absolute Gasteiger partial charge is 0.439 e. The van der Waals surface area contributed by atoms with Gasteiger partial charge in [-0.3, -0.25) is 0 Å². The summed E-state index contributed by atoms with van der Waals surface area (Å²) in [5.41, 5.74) is 0.888. The zero-order valence-electron chi connectivity index (χ0n) is 9.45. The van der Waals surface area contributed by atoms with E-state index >= 15 is 0 Å². The molecule has 2 aromatic rings. The average molecular weight is 246 g/mol. The van der Waals surface area contributed by atoms with Crippen molar-refractivity contribution in [2.45, 2.75) is 6.42 Å². The maximum atomic E-state index is 12.9. The fourth-order valence-corrected chi connectivity index (χ4v) is 1.39. The third kappa shape index (κ3) is 3.28. The Bertz CT molecular complexity index is 541. The number of oxime groups is 1. The van der Waals surface area contributed by atoms with E-state index in [4.69, 9.17) is 9.94 Å². The molecular weight excluding hydrogens is 235 g/mol. The van der Waals surface area contributed by atoms with Crippen molar-refractivity contribution in [3.63, 3.8) is 0 Å². The fraction of sp³-hybridized carbons (Fsp3) is 0.0769. The summed E-state index contributed by atoms with van der Waals surface area (Å²) in [5.74, 6) is 0.417. The maximum absolute atomic E-state index is 12.9. The highest BCUT2D eigenvalue weighted by atomic mass is 19.1. The molecule has 0 aliphatic rings.